The number of hydrogen-bond donors (Lipinski definition) is 4. The van der Waals surface area contributed by atoms with Crippen molar-refractivity contribution in [3.05, 3.63) is 58.8 Å². The number of hydrogen-bond acceptors (Lipinski definition) is 8. The van der Waals surface area contributed by atoms with Crippen molar-refractivity contribution in [1.29, 1.82) is 0 Å². The third-order valence-corrected chi connectivity index (χ3v) is 4.62. The SMILES string of the molecule is Nc1c(NNC(=O)c2ccccc2Br)ncnc1Nc1ccc2c(c1)OCO2. The summed E-state index contributed by atoms with van der Waals surface area (Å²) in [4.78, 5) is 20.5. The van der Waals surface area contributed by atoms with Crippen LogP contribution in [0.5, 0.6) is 11.5 Å². The van der Waals surface area contributed by atoms with Gasteiger partial charge in [-0.3, -0.25) is 15.6 Å². The molecule has 2 heterocycles. The zero-order valence-electron chi connectivity index (χ0n) is 14.4. The van der Waals surface area contributed by atoms with Gasteiger partial charge in [-0.25, -0.2) is 9.97 Å². The van der Waals surface area contributed by atoms with Crippen LogP contribution in [0.25, 0.3) is 0 Å². The molecular weight excluding hydrogens is 428 g/mol. The van der Waals surface area contributed by atoms with Crippen LogP contribution in [-0.4, -0.2) is 22.7 Å². The molecule has 1 aromatic heterocycles. The van der Waals surface area contributed by atoms with Crippen molar-refractivity contribution in [3.8, 4) is 11.5 Å². The number of carbonyl (C=O) groups is 1. The van der Waals surface area contributed by atoms with Gasteiger partial charge < -0.3 is 20.5 Å². The van der Waals surface area contributed by atoms with E-state index in [1.54, 1.807) is 30.3 Å². The zero-order chi connectivity index (χ0) is 19.5. The Morgan fingerprint density at radius 3 is 2.71 bits per heavy atom. The third kappa shape index (κ3) is 3.62. The van der Waals surface area contributed by atoms with Gasteiger partial charge in [0.05, 0.1) is 5.56 Å². The zero-order valence-corrected chi connectivity index (χ0v) is 16.0. The summed E-state index contributed by atoms with van der Waals surface area (Å²) in [5, 5.41) is 3.10. The lowest BCUT2D eigenvalue weighted by Crippen LogP contribution is -2.30. The smallest absolute Gasteiger partial charge is 0.270 e. The van der Waals surface area contributed by atoms with Crippen molar-refractivity contribution in [2.24, 2.45) is 0 Å². The van der Waals surface area contributed by atoms with Gasteiger partial charge in [-0.2, -0.15) is 0 Å². The highest BCUT2D eigenvalue weighted by atomic mass is 79.9. The first kappa shape index (κ1) is 17.9. The quantitative estimate of drug-likeness (QED) is 0.444. The van der Waals surface area contributed by atoms with Crippen molar-refractivity contribution in [1.82, 2.24) is 15.4 Å². The number of nitrogens with one attached hydrogen (secondary N) is 3. The van der Waals surface area contributed by atoms with E-state index in [4.69, 9.17) is 15.2 Å². The maximum Gasteiger partial charge on any atom is 0.270 e. The molecule has 10 heteroatoms. The second-order valence-corrected chi connectivity index (χ2v) is 6.59. The minimum absolute atomic E-state index is 0.194. The highest BCUT2D eigenvalue weighted by Gasteiger charge is 2.15. The Morgan fingerprint density at radius 2 is 1.86 bits per heavy atom. The van der Waals surface area contributed by atoms with Gasteiger partial charge in [0.2, 0.25) is 6.79 Å². The molecule has 9 nitrogen and oxygen atoms in total. The van der Waals surface area contributed by atoms with Crippen LogP contribution in [-0.2, 0) is 0 Å². The number of nitrogens with two attached hydrogens (primary N) is 1. The molecule has 4 rings (SSSR count). The number of anilines is 4. The molecule has 1 aliphatic heterocycles. The molecule has 1 aliphatic rings. The molecule has 0 atom stereocenters. The summed E-state index contributed by atoms with van der Waals surface area (Å²) in [6.45, 7) is 0.194. The number of rotatable bonds is 5. The van der Waals surface area contributed by atoms with Crippen molar-refractivity contribution in [3.63, 3.8) is 0 Å². The fourth-order valence-corrected chi connectivity index (χ4v) is 3.00. The highest BCUT2D eigenvalue weighted by Crippen LogP contribution is 2.35. The molecule has 2 aromatic carbocycles. The molecule has 0 fully saturated rings. The summed E-state index contributed by atoms with van der Waals surface area (Å²) < 4.78 is 11.3. The van der Waals surface area contributed by atoms with Crippen LogP contribution in [0.4, 0.5) is 23.0 Å². The van der Waals surface area contributed by atoms with Crippen LogP contribution >= 0.6 is 15.9 Å². The molecular formula is C18H15BrN6O3. The van der Waals surface area contributed by atoms with E-state index in [1.807, 2.05) is 12.1 Å². The highest BCUT2D eigenvalue weighted by molar-refractivity contribution is 9.10. The summed E-state index contributed by atoms with van der Waals surface area (Å²) in [6, 6.07) is 12.5. The standard InChI is InChI=1S/C18H15BrN6O3/c19-12-4-2-1-3-11(12)18(26)25-24-17-15(20)16(21-8-22-17)23-10-5-6-13-14(7-10)28-9-27-13/h1-8H,9,20H2,(H,25,26)(H2,21,22,23,24). The first-order chi connectivity index (χ1) is 13.6. The number of benzene rings is 2. The molecule has 0 saturated heterocycles. The van der Waals surface area contributed by atoms with Crippen LogP contribution in [0.1, 0.15) is 10.4 Å². The average Bonchev–Trinajstić information content (AvgIpc) is 3.16. The number of halogens is 1. The first-order valence-corrected chi connectivity index (χ1v) is 8.99. The molecule has 3 aromatic rings. The number of nitrogens with zero attached hydrogens (tertiary/aromatic N) is 2. The van der Waals surface area contributed by atoms with Crippen molar-refractivity contribution in [2.75, 3.05) is 23.3 Å². The van der Waals surface area contributed by atoms with E-state index < -0.39 is 0 Å². The number of amides is 1. The molecule has 0 spiro atoms. The fraction of sp³-hybridized carbons (Fsp3) is 0.0556. The van der Waals surface area contributed by atoms with Gasteiger partial charge in [0.15, 0.2) is 23.1 Å². The predicted octanol–water partition coefficient (Wildman–Crippen LogP) is 3.05. The van der Waals surface area contributed by atoms with E-state index in [9.17, 15) is 4.79 Å². The lowest BCUT2D eigenvalue weighted by molar-refractivity contribution is 0.0961. The van der Waals surface area contributed by atoms with Gasteiger partial charge in [0.1, 0.15) is 12.0 Å². The summed E-state index contributed by atoms with van der Waals surface area (Å²) in [5.41, 5.74) is 12.9. The molecule has 1 amide bonds. The third-order valence-electron chi connectivity index (χ3n) is 3.93. The normalized spacial score (nSPS) is 11.8. The topological polar surface area (TPSA) is 123 Å². The first-order valence-electron chi connectivity index (χ1n) is 8.20. The number of nitrogen functional groups attached to an aromatic ring is 1. The number of carbonyl (C=O) groups excluding carboxylic acids is 1. The lowest BCUT2D eigenvalue weighted by atomic mass is 10.2. The summed E-state index contributed by atoms with van der Waals surface area (Å²) >= 11 is 3.34. The average molecular weight is 443 g/mol. The van der Waals surface area contributed by atoms with Gasteiger partial charge in [0, 0.05) is 16.2 Å². The Hall–Kier alpha value is -3.53. The van der Waals surface area contributed by atoms with Crippen LogP contribution in [0.15, 0.2) is 53.3 Å². The molecule has 0 aliphatic carbocycles. The maximum atomic E-state index is 12.3. The molecule has 0 saturated carbocycles. The summed E-state index contributed by atoms with van der Waals surface area (Å²) in [7, 11) is 0. The maximum absolute atomic E-state index is 12.3. The Morgan fingerprint density at radius 1 is 1.07 bits per heavy atom. The van der Waals surface area contributed by atoms with Crippen molar-refractivity contribution >= 4 is 44.8 Å². The minimum atomic E-state index is -0.337. The number of aromatic nitrogens is 2. The van der Waals surface area contributed by atoms with Gasteiger partial charge >= 0.3 is 0 Å². The van der Waals surface area contributed by atoms with E-state index in [-0.39, 0.29) is 24.2 Å². The van der Waals surface area contributed by atoms with Gasteiger partial charge in [-0.15, -0.1) is 0 Å². The summed E-state index contributed by atoms with van der Waals surface area (Å²) in [6.07, 6.45) is 1.33. The van der Waals surface area contributed by atoms with E-state index in [1.165, 1.54) is 6.33 Å². The molecule has 142 valence electrons. The van der Waals surface area contributed by atoms with E-state index in [0.717, 1.165) is 5.69 Å². The van der Waals surface area contributed by atoms with Crippen LogP contribution in [0, 0.1) is 0 Å². The lowest BCUT2D eigenvalue weighted by Gasteiger charge is -2.13. The Balaban J connectivity index is 1.48. The molecule has 28 heavy (non-hydrogen) atoms. The Labute approximate surface area is 168 Å². The van der Waals surface area contributed by atoms with Crippen LogP contribution < -0.4 is 31.4 Å². The summed E-state index contributed by atoms with van der Waals surface area (Å²) in [5.74, 6) is 1.62. The largest absolute Gasteiger partial charge is 0.454 e. The monoisotopic (exact) mass is 442 g/mol. The Kier molecular flexibility index (Phi) is 4.85. The van der Waals surface area contributed by atoms with Gasteiger partial charge in [0.25, 0.3) is 5.91 Å². The van der Waals surface area contributed by atoms with Crippen molar-refractivity contribution < 1.29 is 14.3 Å². The fourth-order valence-electron chi connectivity index (χ4n) is 2.53. The van der Waals surface area contributed by atoms with Gasteiger partial charge in [-0.05, 0) is 40.2 Å². The Bertz CT molecular complexity index is 1050. The van der Waals surface area contributed by atoms with Crippen LogP contribution in [0.3, 0.4) is 0 Å². The van der Waals surface area contributed by atoms with Crippen molar-refractivity contribution in [2.45, 2.75) is 0 Å². The number of hydrazine groups is 1. The molecule has 5 N–H and O–H groups in total. The molecule has 0 radical (unpaired) electrons. The number of ether oxygens (including phenoxy) is 2. The number of fused-ring (bicyclic) bond motifs is 1. The second-order valence-electron chi connectivity index (χ2n) is 5.74. The predicted molar refractivity (Wildman–Crippen MR) is 108 cm³/mol. The second kappa shape index (κ2) is 7.61. The van der Waals surface area contributed by atoms with E-state index in [0.29, 0.717) is 27.4 Å². The van der Waals surface area contributed by atoms with Gasteiger partial charge in [-0.1, -0.05) is 12.1 Å². The van der Waals surface area contributed by atoms with E-state index >= 15 is 0 Å². The minimum Gasteiger partial charge on any atom is -0.454 e. The van der Waals surface area contributed by atoms with Crippen LogP contribution in [0.2, 0.25) is 0 Å². The van der Waals surface area contributed by atoms with E-state index in [2.05, 4.69) is 42.1 Å². The molecule has 0 bridgehead atoms. The molecule has 0 unspecified atom stereocenters.